The largest absolute Gasteiger partial charge is 0.264 e. The Labute approximate surface area is 244 Å². The molecule has 1 atom stereocenters. The molecule has 1 saturated carbocycles. The summed E-state index contributed by atoms with van der Waals surface area (Å²) < 4.78 is 66.9. The molecule has 0 radical (unpaired) electrons. The molecule has 0 amide bonds. The van der Waals surface area contributed by atoms with Gasteiger partial charge in [0.15, 0.2) is 0 Å². The predicted molar refractivity (Wildman–Crippen MR) is 157 cm³/mol. The van der Waals surface area contributed by atoms with E-state index in [-0.39, 0.29) is 35.2 Å². The zero-order valence-electron chi connectivity index (χ0n) is 21.9. The molecule has 1 aliphatic heterocycles. The van der Waals surface area contributed by atoms with Crippen LogP contribution in [0.25, 0.3) is 0 Å². The highest BCUT2D eigenvalue weighted by Gasteiger charge is 2.35. The fourth-order valence-corrected chi connectivity index (χ4v) is 7.14. The van der Waals surface area contributed by atoms with E-state index < -0.39 is 25.3 Å². The summed E-state index contributed by atoms with van der Waals surface area (Å²) in [6.45, 7) is 0.269. The molecule has 3 aromatic rings. The van der Waals surface area contributed by atoms with Crippen molar-refractivity contribution in [3.8, 4) is 0 Å². The molecule has 1 fully saturated rings. The van der Waals surface area contributed by atoms with Gasteiger partial charge in [-0.1, -0.05) is 54.1 Å². The Morgan fingerprint density at radius 1 is 0.927 bits per heavy atom. The number of nitrogens with two attached hydrogens (primary N) is 1. The zero-order valence-corrected chi connectivity index (χ0v) is 24.3. The lowest BCUT2D eigenvalue weighted by Crippen LogP contribution is -2.42. The van der Waals surface area contributed by atoms with E-state index in [9.17, 15) is 21.2 Å². The van der Waals surface area contributed by atoms with Gasteiger partial charge in [-0.25, -0.2) is 41.1 Å². The van der Waals surface area contributed by atoms with Gasteiger partial charge in [0.1, 0.15) is 5.82 Å². The van der Waals surface area contributed by atoms with Crippen molar-refractivity contribution in [3.63, 3.8) is 0 Å². The van der Waals surface area contributed by atoms with Crippen LogP contribution in [-0.2, 0) is 20.0 Å². The summed E-state index contributed by atoms with van der Waals surface area (Å²) in [6, 6.07) is 21.0. The molecule has 41 heavy (non-hydrogen) atoms. The van der Waals surface area contributed by atoms with E-state index >= 15 is 0 Å². The van der Waals surface area contributed by atoms with E-state index in [2.05, 4.69) is 4.72 Å². The summed E-state index contributed by atoms with van der Waals surface area (Å²) in [5.41, 5.74) is 2.27. The number of sulfonamides is 2. The lowest BCUT2D eigenvalue weighted by molar-refractivity contribution is 0.416. The van der Waals surface area contributed by atoms with Gasteiger partial charge in [-0.3, -0.25) is 0 Å². The first-order valence-corrected chi connectivity index (χ1v) is 16.5. The minimum atomic E-state index is -4.08. The summed E-state index contributed by atoms with van der Waals surface area (Å²) in [5, 5.41) is 11.4. The van der Waals surface area contributed by atoms with Gasteiger partial charge in [0.05, 0.1) is 28.4 Å². The van der Waals surface area contributed by atoms with Crippen LogP contribution in [-0.4, -0.2) is 51.4 Å². The Bertz CT molecular complexity index is 1660. The Kier molecular flexibility index (Phi) is 8.46. The van der Waals surface area contributed by atoms with Crippen LogP contribution in [0, 0.1) is 5.82 Å². The van der Waals surface area contributed by atoms with E-state index in [1.165, 1.54) is 41.4 Å². The van der Waals surface area contributed by atoms with Gasteiger partial charge in [0, 0.05) is 10.9 Å². The molecule has 1 aliphatic carbocycles. The Hall–Kier alpha value is -3.32. The van der Waals surface area contributed by atoms with Crippen molar-refractivity contribution in [2.45, 2.75) is 47.8 Å². The molecule has 1 unspecified atom stereocenters. The fourth-order valence-electron chi connectivity index (χ4n) is 5.08. The highest BCUT2D eigenvalue weighted by Crippen LogP contribution is 2.31. The molecule has 216 valence electrons. The molecule has 9 nitrogen and oxygen atoms in total. The highest BCUT2D eigenvalue weighted by atomic mass is 35.5. The number of halogens is 2. The van der Waals surface area contributed by atoms with Crippen molar-refractivity contribution in [1.82, 2.24) is 9.73 Å². The number of hydrogen-bond acceptors (Lipinski definition) is 6. The number of rotatable bonds is 6. The van der Waals surface area contributed by atoms with E-state index in [0.717, 1.165) is 5.56 Å². The molecule has 0 spiro atoms. The quantitative estimate of drug-likeness (QED) is 0.316. The number of primary sulfonamides is 1. The third-order valence-corrected chi connectivity index (χ3v) is 10.3. The third-order valence-electron chi connectivity index (χ3n) is 7.26. The van der Waals surface area contributed by atoms with E-state index in [1.807, 2.05) is 30.3 Å². The molecule has 2 aliphatic rings. The maximum absolute atomic E-state index is 13.7. The summed E-state index contributed by atoms with van der Waals surface area (Å²) in [5.74, 6) is -0.629. The van der Waals surface area contributed by atoms with Crippen molar-refractivity contribution < 1.29 is 21.2 Å². The first kappa shape index (κ1) is 29.2. The Balaban J connectivity index is 1.52. The highest BCUT2D eigenvalue weighted by molar-refractivity contribution is 7.90. The lowest BCUT2D eigenvalue weighted by Gasteiger charge is -2.27. The average molecular weight is 618 g/mol. The van der Waals surface area contributed by atoms with Crippen LogP contribution in [0.3, 0.4) is 0 Å². The first-order valence-electron chi connectivity index (χ1n) is 13.0. The number of nitrogens with one attached hydrogen (secondary N) is 1. The molecule has 1 heterocycles. The predicted octanol–water partition coefficient (Wildman–Crippen LogP) is 4.22. The van der Waals surface area contributed by atoms with E-state index in [1.54, 1.807) is 12.1 Å². The molecule has 5 rings (SSSR count). The topological polar surface area (TPSA) is 134 Å². The third kappa shape index (κ3) is 6.95. The number of hydrazone groups is 1. The SMILES string of the molecule is NS(=O)(=O)C1CCC(N=C(NS(=O)(=O)c2ccc(Cl)cc2)N2CC(c3ccccc3)C(c3ccc(F)cc3)=N2)CC1. The van der Waals surface area contributed by atoms with Crippen LogP contribution in [0.4, 0.5) is 4.39 Å². The summed E-state index contributed by atoms with van der Waals surface area (Å²) in [7, 11) is -7.75. The molecule has 13 heteroatoms. The summed E-state index contributed by atoms with van der Waals surface area (Å²) in [6.07, 6.45) is 1.47. The smallest absolute Gasteiger partial charge is 0.248 e. The molecule has 0 aromatic heterocycles. The van der Waals surface area contributed by atoms with Crippen molar-refractivity contribution >= 4 is 43.3 Å². The van der Waals surface area contributed by atoms with Crippen LogP contribution in [0.1, 0.15) is 42.7 Å². The van der Waals surface area contributed by atoms with E-state index in [4.69, 9.17) is 26.8 Å². The fraction of sp³-hybridized carbons (Fsp3) is 0.286. The van der Waals surface area contributed by atoms with Crippen LogP contribution >= 0.6 is 11.6 Å². The minimum absolute atomic E-state index is 0.00548. The first-order chi connectivity index (χ1) is 19.5. The van der Waals surface area contributed by atoms with Gasteiger partial charge < -0.3 is 0 Å². The maximum atomic E-state index is 13.7. The van der Waals surface area contributed by atoms with Crippen molar-refractivity contribution in [1.29, 1.82) is 0 Å². The second-order valence-corrected chi connectivity index (χ2v) is 14.0. The van der Waals surface area contributed by atoms with Crippen LogP contribution in [0.5, 0.6) is 0 Å². The van der Waals surface area contributed by atoms with Gasteiger partial charge in [-0.05, 0) is 73.2 Å². The molecule has 0 saturated heterocycles. The Morgan fingerprint density at radius 2 is 1.56 bits per heavy atom. The van der Waals surface area contributed by atoms with Gasteiger partial charge in [0.2, 0.25) is 16.0 Å². The number of nitrogens with zero attached hydrogens (tertiary/aromatic N) is 3. The van der Waals surface area contributed by atoms with Crippen molar-refractivity contribution in [2.24, 2.45) is 15.2 Å². The summed E-state index contributed by atoms with van der Waals surface area (Å²) in [4.78, 5) is 4.75. The van der Waals surface area contributed by atoms with Crippen LogP contribution in [0.15, 0.2) is 93.9 Å². The van der Waals surface area contributed by atoms with Crippen molar-refractivity contribution in [3.05, 3.63) is 101 Å². The van der Waals surface area contributed by atoms with Gasteiger partial charge in [0.25, 0.3) is 10.0 Å². The standard InChI is InChI=1S/C28H29ClFN5O4S2/c29-21-8-14-25(15-9-21)41(38,39)34-28(32-23-12-16-24(17-13-23)40(31,36)37)35-18-26(19-4-2-1-3-5-19)27(33-35)20-6-10-22(30)11-7-20/h1-11,14-15,23-24,26H,12-13,16-18H2,(H,32,34)(H2,31,36,37). The number of guanidine groups is 1. The molecular formula is C28H29ClFN5O4S2. The minimum Gasteiger partial charge on any atom is -0.248 e. The monoisotopic (exact) mass is 617 g/mol. The Morgan fingerprint density at radius 3 is 2.17 bits per heavy atom. The second-order valence-electron chi connectivity index (χ2n) is 10.1. The van der Waals surface area contributed by atoms with Crippen LogP contribution in [0.2, 0.25) is 5.02 Å². The molecule has 0 bridgehead atoms. The number of hydrogen-bond donors (Lipinski definition) is 2. The van der Waals surface area contributed by atoms with Crippen LogP contribution < -0.4 is 9.86 Å². The number of benzene rings is 3. The van der Waals surface area contributed by atoms with Gasteiger partial charge in [-0.15, -0.1) is 0 Å². The molecule has 3 aromatic carbocycles. The van der Waals surface area contributed by atoms with Gasteiger partial charge >= 0.3 is 0 Å². The number of aliphatic imine (C=N–C) groups is 1. The van der Waals surface area contributed by atoms with Crippen molar-refractivity contribution in [2.75, 3.05) is 6.54 Å². The normalized spacial score (nSPS) is 21.9. The second kappa shape index (κ2) is 11.9. The molecule has 3 N–H and O–H groups in total. The zero-order chi connectivity index (χ0) is 29.2. The maximum Gasteiger partial charge on any atom is 0.264 e. The van der Waals surface area contributed by atoms with E-state index in [0.29, 0.717) is 42.0 Å². The average Bonchev–Trinajstić information content (AvgIpc) is 3.39. The van der Waals surface area contributed by atoms with Gasteiger partial charge in [-0.2, -0.15) is 5.10 Å². The lowest BCUT2D eigenvalue weighted by atomic mass is 9.91. The molecular weight excluding hydrogens is 589 g/mol. The summed E-state index contributed by atoms with van der Waals surface area (Å²) >= 11 is 5.96.